The summed E-state index contributed by atoms with van der Waals surface area (Å²) in [4.78, 5) is 0. The molecule has 0 saturated carbocycles. The van der Waals surface area contributed by atoms with E-state index in [1.54, 1.807) is 6.07 Å². The van der Waals surface area contributed by atoms with Crippen LogP contribution in [-0.2, 0) is 22.6 Å². The number of benzene rings is 1. The Labute approximate surface area is 95.4 Å². The molecular weight excluding hydrogens is 209 g/mol. The highest BCUT2D eigenvalue weighted by atomic mass is 19.1. The van der Waals surface area contributed by atoms with Crippen LogP contribution in [0.5, 0.6) is 0 Å². The molecule has 1 rings (SSSR count). The number of hydrogen-bond acceptors (Lipinski definition) is 3. The monoisotopic (exact) mass is 227 g/mol. The van der Waals surface area contributed by atoms with Gasteiger partial charge in [0.25, 0.3) is 0 Å². The van der Waals surface area contributed by atoms with E-state index in [4.69, 9.17) is 15.2 Å². The van der Waals surface area contributed by atoms with Gasteiger partial charge in [-0.05, 0) is 18.6 Å². The Balaban J connectivity index is 2.36. The fourth-order valence-corrected chi connectivity index (χ4v) is 1.28. The highest BCUT2D eigenvalue weighted by Crippen LogP contribution is 2.11. The summed E-state index contributed by atoms with van der Waals surface area (Å²) in [5.41, 5.74) is 6.75. The predicted molar refractivity (Wildman–Crippen MR) is 60.4 cm³/mol. The van der Waals surface area contributed by atoms with E-state index >= 15 is 0 Å². The van der Waals surface area contributed by atoms with Crippen LogP contribution in [0.2, 0.25) is 0 Å². The van der Waals surface area contributed by atoms with Crippen LogP contribution in [0, 0.1) is 5.82 Å². The van der Waals surface area contributed by atoms with Crippen LogP contribution >= 0.6 is 0 Å². The molecule has 3 nitrogen and oxygen atoms in total. The third kappa shape index (κ3) is 4.26. The Hall–Kier alpha value is -0.970. The number of rotatable bonds is 7. The second-order valence-corrected chi connectivity index (χ2v) is 3.38. The van der Waals surface area contributed by atoms with Gasteiger partial charge in [-0.25, -0.2) is 4.39 Å². The minimum absolute atomic E-state index is 0.264. The maximum absolute atomic E-state index is 13.4. The summed E-state index contributed by atoms with van der Waals surface area (Å²) in [5.74, 6) is -0.264. The molecule has 0 radical (unpaired) electrons. The first-order valence-electron chi connectivity index (χ1n) is 5.40. The van der Waals surface area contributed by atoms with Crippen molar-refractivity contribution in [3.05, 3.63) is 35.1 Å². The SMILES string of the molecule is CCOCCOCc1ccc(CN)cc1F. The summed E-state index contributed by atoms with van der Waals surface area (Å²) < 4.78 is 23.8. The lowest BCUT2D eigenvalue weighted by Gasteiger charge is -2.06. The predicted octanol–water partition coefficient (Wildman–Crippen LogP) is 1.84. The lowest BCUT2D eigenvalue weighted by Crippen LogP contribution is -2.05. The highest BCUT2D eigenvalue weighted by Gasteiger charge is 2.02. The molecule has 0 spiro atoms. The van der Waals surface area contributed by atoms with Crippen molar-refractivity contribution in [1.29, 1.82) is 0 Å². The van der Waals surface area contributed by atoms with Gasteiger partial charge in [0, 0.05) is 18.7 Å². The van der Waals surface area contributed by atoms with Crippen LogP contribution in [0.1, 0.15) is 18.1 Å². The van der Waals surface area contributed by atoms with Crippen molar-refractivity contribution in [2.75, 3.05) is 19.8 Å². The molecule has 0 aromatic heterocycles. The van der Waals surface area contributed by atoms with E-state index in [0.29, 0.717) is 31.9 Å². The number of hydrogen-bond donors (Lipinski definition) is 1. The van der Waals surface area contributed by atoms with Gasteiger partial charge in [-0.3, -0.25) is 0 Å². The zero-order chi connectivity index (χ0) is 11.8. The summed E-state index contributed by atoms with van der Waals surface area (Å²) in [6.45, 7) is 4.23. The Kier molecular flexibility index (Phi) is 6.00. The topological polar surface area (TPSA) is 44.5 Å². The van der Waals surface area contributed by atoms with Gasteiger partial charge in [0.15, 0.2) is 0 Å². The first-order valence-corrected chi connectivity index (χ1v) is 5.40. The third-order valence-corrected chi connectivity index (χ3v) is 2.19. The van der Waals surface area contributed by atoms with Gasteiger partial charge in [0.1, 0.15) is 5.82 Å². The van der Waals surface area contributed by atoms with E-state index < -0.39 is 0 Å². The molecule has 0 aliphatic heterocycles. The molecule has 0 unspecified atom stereocenters. The van der Waals surface area contributed by atoms with Gasteiger partial charge in [0.2, 0.25) is 0 Å². The average molecular weight is 227 g/mol. The summed E-state index contributed by atoms with van der Waals surface area (Å²) >= 11 is 0. The summed E-state index contributed by atoms with van der Waals surface area (Å²) in [7, 11) is 0. The molecule has 1 aromatic carbocycles. The van der Waals surface area contributed by atoms with Crippen molar-refractivity contribution < 1.29 is 13.9 Å². The van der Waals surface area contributed by atoms with Crippen LogP contribution in [0.15, 0.2) is 18.2 Å². The van der Waals surface area contributed by atoms with Crippen LogP contribution in [-0.4, -0.2) is 19.8 Å². The molecule has 0 fully saturated rings. The summed E-state index contributed by atoms with van der Waals surface area (Å²) in [5, 5.41) is 0. The van der Waals surface area contributed by atoms with Crippen molar-refractivity contribution in [2.45, 2.75) is 20.1 Å². The van der Waals surface area contributed by atoms with Gasteiger partial charge in [-0.1, -0.05) is 12.1 Å². The minimum Gasteiger partial charge on any atom is -0.379 e. The van der Waals surface area contributed by atoms with Crippen LogP contribution in [0.25, 0.3) is 0 Å². The Bertz CT molecular complexity index is 318. The van der Waals surface area contributed by atoms with Crippen LogP contribution in [0.4, 0.5) is 4.39 Å². The smallest absolute Gasteiger partial charge is 0.129 e. The first-order chi connectivity index (χ1) is 7.77. The molecule has 0 saturated heterocycles. The van der Waals surface area contributed by atoms with E-state index in [-0.39, 0.29) is 12.4 Å². The maximum Gasteiger partial charge on any atom is 0.129 e. The van der Waals surface area contributed by atoms with Crippen molar-refractivity contribution in [3.8, 4) is 0 Å². The fraction of sp³-hybridized carbons (Fsp3) is 0.500. The molecule has 16 heavy (non-hydrogen) atoms. The lowest BCUT2D eigenvalue weighted by atomic mass is 10.1. The van der Waals surface area contributed by atoms with Gasteiger partial charge < -0.3 is 15.2 Å². The second-order valence-electron chi connectivity index (χ2n) is 3.38. The fourth-order valence-electron chi connectivity index (χ4n) is 1.28. The molecule has 0 bridgehead atoms. The van der Waals surface area contributed by atoms with Gasteiger partial charge >= 0.3 is 0 Å². The minimum atomic E-state index is -0.264. The average Bonchev–Trinajstić information content (AvgIpc) is 2.30. The van der Waals surface area contributed by atoms with E-state index in [1.165, 1.54) is 6.07 Å². The Morgan fingerprint density at radius 2 is 2.00 bits per heavy atom. The van der Waals surface area contributed by atoms with Crippen molar-refractivity contribution in [1.82, 2.24) is 0 Å². The van der Waals surface area contributed by atoms with Gasteiger partial charge in [-0.2, -0.15) is 0 Å². The summed E-state index contributed by atoms with van der Waals surface area (Å²) in [6.07, 6.45) is 0. The third-order valence-electron chi connectivity index (χ3n) is 2.19. The quantitative estimate of drug-likeness (QED) is 0.723. The second kappa shape index (κ2) is 7.33. The molecule has 1 aromatic rings. The molecule has 0 heterocycles. The molecule has 2 N–H and O–H groups in total. The van der Waals surface area contributed by atoms with Crippen molar-refractivity contribution in [2.24, 2.45) is 5.73 Å². The highest BCUT2D eigenvalue weighted by molar-refractivity contribution is 5.23. The maximum atomic E-state index is 13.4. The number of ether oxygens (including phenoxy) is 2. The van der Waals surface area contributed by atoms with E-state index in [1.807, 2.05) is 13.0 Å². The van der Waals surface area contributed by atoms with Gasteiger partial charge in [-0.15, -0.1) is 0 Å². The summed E-state index contributed by atoms with van der Waals surface area (Å²) in [6, 6.07) is 4.96. The lowest BCUT2D eigenvalue weighted by molar-refractivity contribution is 0.0443. The molecule has 0 aliphatic rings. The van der Waals surface area contributed by atoms with Crippen molar-refractivity contribution in [3.63, 3.8) is 0 Å². The normalized spacial score (nSPS) is 10.7. The van der Waals surface area contributed by atoms with E-state index in [2.05, 4.69) is 0 Å². The standard InChI is InChI=1S/C12H18FNO2/c1-2-15-5-6-16-9-11-4-3-10(8-14)7-12(11)13/h3-4,7H,2,5-6,8-9,14H2,1H3. The molecular formula is C12H18FNO2. The van der Waals surface area contributed by atoms with E-state index in [0.717, 1.165) is 5.56 Å². The van der Waals surface area contributed by atoms with Crippen molar-refractivity contribution >= 4 is 0 Å². The Morgan fingerprint density at radius 1 is 1.25 bits per heavy atom. The molecule has 4 heteroatoms. The molecule has 0 atom stereocenters. The number of halogens is 1. The number of nitrogens with two attached hydrogens (primary N) is 1. The van der Waals surface area contributed by atoms with E-state index in [9.17, 15) is 4.39 Å². The van der Waals surface area contributed by atoms with Crippen LogP contribution < -0.4 is 5.73 Å². The zero-order valence-electron chi connectivity index (χ0n) is 9.54. The molecule has 0 amide bonds. The largest absolute Gasteiger partial charge is 0.379 e. The first kappa shape index (κ1) is 13.1. The molecule has 0 aliphatic carbocycles. The Morgan fingerprint density at radius 3 is 2.62 bits per heavy atom. The van der Waals surface area contributed by atoms with Gasteiger partial charge in [0.05, 0.1) is 19.8 Å². The van der Waals surface area contributed by atoms with Crippen LogP contribution in [0.3, 0.4) is 0 Å². The zero-order valence-corrected chi connectivity index (χ0v) is 9.54. The molecule has 90 valence electrons.